The minimum atomic E-state index is -2.64. The first-order valence-corrected chi connectivity index (χ1v) is 4.55. The Kier molecular flexibility index (Phi) is 3.32. The zero-order valence-corrected chi connectivity index (χ0v) is 8.05. The molecular weight excluding hydrogens is 242 g/mol. The summed E-state index contributed by atoms with van der Waals surface area (Å²) in [6.07, 6.45) is -2.64. The Morgan fingerprint density at radius 1 is 1.54 bits per heavy atom. The van der Waals surface area contributed by atoms with E-state index in [1.54, 1.807) is 6.07 Å². The molecule has 0 saturated heterocycles. The predicted molar refractivity (Wildman–Crippen MR) is 46.5 cm³/mol. The van der Waals surface area contributed by atoms with Gasteiger partial charge in [-0.3, -0.25) is 0 Å². The van der Waals surface area contributed by atoms with Gasteiger partial charge < -0.3 is 0 Å². The third-order valence-electron chi connectivity index (χ3n) is 1.48. The van der Waals surface area contributed by atoms with Gasteiger partial charge in [0.1, 0.15) is 17.5 Å². The van der Waals surface area contributed by atoms with Crippen LogP contribution in [-0.2, 0) is 5.33 Å². The minimum absolute atomic E-state index is 0.0139. The lowest BCUT2D eigenvalue weighted by Crippen LogP contribution is -1.98. The van der Waals surface area contributed by atoms with Gasteiger partial charge in [-0.1, -0.05) is 22.0 Å². The van der Waals surface area contributed by atoms with Crippen LogP contribution in [0.5, 0.6) is 0 Å². The maximum Gasteiger partial charge on any atom is 0.280 e. The molecule has 1 rings (SSSR count). The van der Waals surface area contributed by atoms with Crippen molar-refractivity contribution in [2.24, 2.45) is 0 Å². The van der Waals surface area contributed by atoms with Crippen LogP contribution in [0.3, 0.4) is 0 Å². The summed E-state index contributed by atoms with van der Waals surface area (Å²) in [7, 11) is 0. The van der Waals surface area contributed by atoms with Crippen molar-refractivity contribution in [1.82, 2.24) is 4.98 Å². The fourth-order valence-electron chi connectivity index (χ4n) is 0.868. The third-order valence-corrected chi connectivity index (χ3v) is 2.08. The van der Waals surface area contributed by atoms with Gasteiger partial charge in [0.25, 0.3) is 6.43 Å². The summed E-state index contributed by atoms with van der Waals surface area (Å²) in [6.45, 7) is 0. The molecular formula is C8H5BrF2N2. The molecule has 0 atom stereocenters. The maximum absolute atomic E-state index is 12.3. The molecule has 5 heteroatoms. The average molecular weight is 247 g/mol. The highest BCUT2D eigenvalue weighted by Crippen LogP contribution is 2.22. The lowest BCUT2D eigenvalue weighted by molar-refractivity contribution is 0.145. The van der Waals surface area contributed by atoms with Crippen molar-refractivity contribution >= 4 is 15.9 Å². The second kappa shape index (κ2) is 4.28. The first kappa shape index (κ1) is 10.1. The van der Waals surface area contributed by atoms with E-state index in [0.717, 1.165) is 0 Å². The third kappa shape index (κ3) is 2.22. The SMILES string of the molecule is N#Cc1ccc(CBr)c(C(F)F)n1. The number of hydrogen-bond acceptors (Lipinski definition) is 2. The van der Waals surface area contributed by atoms with Crippen LogP contribution in [0.25, 0.3) is 0 Å². The molecule has 0 radical (unpaired) electrons. The van der Waals surface area contributed by atoms with Gasteiger partial charge in [0.2, 0.25) is 0 Å². The average Bonchev–Trinajstić information content (AvgIpc) is 2.16. The number of nitriles is 1. The number of hydrogen-bond donors (Lipinski definition) is 0. The highest BCUT2D eigenvalue weighted by Gasteiger charge is 2.14. The van der Waals surface area contributed by atoms with Gasteiger partial charge in [0.15, 0.2) is 0 Å². The van der Waals surface area contributed by atoms with E-state index in [9.17, 15) is 8.78 Å². The highest BCUT2D eigenvalue weighted by molar-refractivity contribution is 9.08. The summed E-state index contributed by atoms with van der Waals surface area (Å²) in [5, 5.41) is 8.75. The van der Waals surface area contributed by atoms with Crippen molar-refractivity contribution in [3.8, 4) is 6.07 Å². The van der Waals surface area contributed by atoms with Crippen LogP contribution in [0.1, 0.15) is 23.4 Å². The largest absolute Gasteiger partial charge is 0.280 e. The summed E-state index contributed by atoms with van der Waals surface area (Å²) >= 11 is 3.07. The molecule has 2 nitrogen and oxygen atoms in total. The van der Waals surface area contributed by atoms with E-state index in [-0.39, 0.29) is 11.4 Å². The first-order valence-electron chi connectivity index (χ1n) is 3.43. The zero-order chi connectivity index (χ0) is 9.84. The summed E-state index contributed by atoms with van der Waals surface area (Å²) < 4.78 is 24.7. The van der Waals surface area contributed by atoms with Crippen molar-refractivity contribution in [1.29, 1.82) is 5.26 Å². The molecule has 1 heterocycles. The van der Waals surface area contributed by atoms with Crippen LogP contribution in [0.4, 0.5) is 8.78 Å². The monoisotopic (exact) mass is 246 g/mol. The number of pyridine rings is 1. The number of rotatable bonds is 2. The van der Waals surface area contributed by atoms with Crippen LogP contribution >= 0.6 is 15.9 Å². The molecule has 0 amide bonds. The van der Waals surface area contributed by atoms with Gasteiger partial charge in [-0.05, 0) is 11.6 Å². The number of aromatic nitrogens is 1. The summed E-state index contributed by atoms with van der Waals surface area (Å²) in [6, 6.07) is 4.61. The number of alkyl halides is 3. The van der Waals surface area contributed by atoms with Crippen LogP contribution in [0, 0.1) is 11.3 Å². The molecule has 0 fully saturated rings. The molecule has 13 heavy (non-hydrogen) atoms. The molecule has 0 saturated carbocycles. The highest BCUT2D eigenvalue weighted by atomic mass is 79.9. The summed E-state index contributed by atoms with van der Waals surface area (Å²) in [5.74, 6) is 0. The topological polar surface area (TPSA) is 36.7 Å². The number of nitrogens with zero attached hydrogens (tertiary/aromatic N) is 2. The molecule has 0 unspecified atom stereocenters. The van der Waals surface area contributed by atoms with Gasteiger partial charge in [-0.15, -0.1) is 0 Å². The quantitative estimate of drug-likeness (QED) is 0.753. The van der Waals surface area contributed by atoms with E-state index in [1.165, 1.54) is 12.1 Å². The van der Waals surface area contributed by atoms with Crippen LogP contribution in [0.2, 0.25) is 0 Å². The Labute approximate surface area is 82.3 Å². The Morgan fingerprint density at radius 2 is 2.23 bits per heavy atom. The number of halogens is 3. The molecule has 0 aliphatic carbocycles. The van der Waals surface area contributed by atoms with Crippen LogP contribution < -0.4 is 0 Å². The van der Waals surface area contributed by atoms with E-state index in [1.807, 2.05) is 0 Å². The summed E-state index contributed by atoms with van der Waals surface area (Å²) in [4.78, 5) is 3.52. The second-order valence-electron chi connectivity index (χ2n) is 2.29. The molecule has 68 valence electrons. The maximum atomic E-state index is 12.3. The lowest BCUT2D eigenvalue weighted by atomic mass is 10.2. The Hall–Kier alpha value is -1.02. The molecule has 0 aliphatic rings. The Balaban J connectivity index is 3.20. The summed E-state index contributed by atoms with van der Waals surface area (Å²) in [5.41, 5.74) is 0.102. The van der Waals surface area contributed by atoms with Gasteiger partial charge >= 0.3 is 0 Å². The van der Waals surface area contributed by atoms with E-state index < -0.39 is 6.43 Å². The van der Waals surface area contributed by atoms with E-state index in [2.05, 4.69) is 20.9 Å². The fraction of sp³-hybridized carbons (Fsp3) is 0.250. The van der Waals surface area contributed by atoms with Crippen LogP contribution in [0.15, 0.2) is 12.1 Å². The van der Waals surface area contributed by atoms with Gasteiger partial charge in [0, 0.05) is 5.33 Å². The Morgan fingerprint density at radius 3 is 2.69 bits per heavy atom. The van der Waals surface area contributed by atoms with E-state index >= 15 is 0 Å². The van der Waals surface area contributed by atoms with E-state index in [0.29, 0.717) is 10.9 Å². The smallest absolute Gasteiger partial charge is 0.236 e. The Bertz CT molecular complexity index is 346. The molecule has 0 spiro atoms. The molecule has 0 aliphatic heterocycles. The first-order chi connectivity index (χ1) is 6.19. The van der Waals surface area contributed by atoms with Crippen molar-refractivity contribution in [3.05, 3.63) is 29.1 Å². The van der Waals surface area contributed by atoms with Crippen molar-refractivity contribution < 1.29 is 8.78 Å². The lowest BCUT2D eigenvalue weighted by Gasteiger charge is -2.04. The molecule has 0 N–H and O–H groups in total. The van der Waals surface area contributed by atoms with Gasteiger partial charge in [-0.25, -0.2) is 13.8 Å². The van der Waals surface area contributed by atoms with E-state index in [4.69, 9.17) is 5.26 Å². The predicted octanol–water partition coefficient (Wildman–Crippen LogP) is 2.79. The van der Waals surface area contributed by atoms with Crippen LogP contribution in [-0.4, -0.2) is 4.98 Å². The van der Waals surface area contributed by atoms with Gasteiger partial charge in [-0.2, -0.15) is 5.26 Å². The second-order valence-corrected chi connectivity index (χ2v) is 2.85. The molecule has 1 aromatic heterocycles. The van der Waals surface area contributed by atoms with Crippen molar-refractivity contribution in [2.45, 2.75) is 11.8 Å². The van der Waals surface area contributed by atoms with Gasteiger partial charge in [0.05, 0.1) is 0 Å². The fourth-order valence-corrected chi connectivity index (χ4v) is 1.34. The molecule has 1 aromatic rings. The normalized spacial score (nSPS) is 10.1. The zero-order valence-electron chi connectivity index (χ0n) is 6.47. The van der Waals surface area contributed by atoms with Crippen molar-refractivity contribution in [2.75, 3.05) is 0 Å². The molecule has 0 aromatic carbocycles. The minimum Gasteiger partial charge on any atom is -0.236 e. The molecule has 0 bridgehead atoms. The van der Waals surface area contributed by atoms with Crippen molar-refractivity contribution in [3.63, 3.8) is 0 Å². The standard InChI is InChI=1S/C8H5BrF2N2/c9-3-5-1-2-6(4-12)13-7(5)8(10)11/h1-2,8H,3H2.